The van der Waals surface area contributed by atoms with Gasteiger partial charge in [0, 0.05) is 5.69 Å². The monoisotopic (exact) mass is 392 g/mol. The molecule has 134 valence electrons. The molecule has 2 aromatic carbocycles. The second-order valence-corrected chi connectivity index (χ2v) is 6.72. The van der Waals surface area contributed by atoms with Crippen molar-refractivity contribution in [3.63, 3.8) is 0 Å². The number of carbonyl (C=O) groups excluding carboxylic acids is 2. The van der Waals surface area contributed by atoms with Gasteiger partial charge in [-0.05, 0) is 42.8 Å². The SMILES string of the molecule is Cc1ccc(C(=O)O)cc1N1C(=O)CC(Nc2ccc(Cl)c(Cl)c2)C1=O. The lowest BCUT2D eigenvalue weighted by molar-refractivity contribution is -0.121. The molecule has 2 aromatic rings. The third kappa shape index (κ3) is 3.38. The van der Waals surface area contributed by atoms with Crippen LogP contribution >= 0.6 is 23.2 Å². The summed E-state index contributed by atoms with van der Waals surface area (Å²) in [6.07, 6.45) is -0.0458. The fraction of sp³-hybridized carbons (Fsp3) is 0.167. The summed E-state index contributed by atoms with van der Waals surface area (Å²) in [5.74, 6) is -1.99. The van der Waals surface area contributed by atoms with Crippen molar-refractivity contribution in [2.24, 2.45) is 0 Å². The van der Waals surface area contributed by atoms with Crippen LogP contribution in [0.4, 0.5) is 11.4 Å². The van der Waals surface area contributed by atoms with Gasteiger partial charge in [-0.25, -0.2) is 9.69 Å². The first kappa shape index (κ1) is 18.2. The standard InChI is InChI=1S/C18H14Cl2N2O4/c1-9-2-3-10(18(25)26)6-15(9)22-16(23)8-14(17(22)24)21-11-4-5-12(19)13(20)7-11/h2-7,14,21H,8H2,1H3,(H,25,26). The number of imide groups is 1. The smallest absolute Gasteiger partial charge is 0.335 e. The van der Waals surface area contributed by atoms with E-state index in [9.17, 15) is 14.4 Å². The maximum absolute atomic E-state index is 12.7. The zero-order valence-electron chi connectivity index (χ0n) is 13.6. The van der Waals surface area contributed by atoms with E-state index in [1.165, 1.54) is 12.1 Å². The third-order valence-corrected chi connectivity index (χ3v) is 4.84. The fourth-order valence-electron chi connectivity index (χ4n) is 2.77. The maximum atomic E-state index is 12.7. The predicted octanol–water partition coefficient (Wildman–Crippen LogP) is 3.74. The molecule has 6 nitrogen and oxygen atoms in total. The Bertz CT molecular complexity index is 929. The molecule has 0 bridgehead atoms. The lowest BCUT2D eigenvalue weighted by Crippen LogP contribution is -2.35. The van der Waals surface area contributed by atoms with Crippen molar-refractivity contribution in [1.82, 2.24) is 0 Å². The number of amides is 2. The van der Waals surface area contributed by atoms with E-state index in [1.54, 1.807) is 31.2 Å². The van der Waals surface area contributed by atoms with Crippen LogP contribution in [-0.2, 0) is 9.59 Å². The zero-order chi connectivity index (χ0) is 19.0. The second kappa shape index (κ2) is 6.97. The van der Waals surface area contributed by atoms with Gasteiger partial charge in [0.05, 0.1) is 27.7 Å². The number of aryl methyl sites for hydroxylation is 1. The summed E-state index contributed by atoms with van der Waals surface area (Å²) in [7, 11) is 0. The number of aromatic carboxylic acids is 1. The van der Waals surface area contributed by atoms with Crippen LogP contribution in [0.5, 0.6) is 0 Å². The average molecular weight is 393 g/mol. The topological polar surface area (TPSA) is 86.7 Å². The van der Waals surface area contributed by atoms with Crippen LogP contribution in [0.2, 0.25) is 10.0 Å². The molecule has 2 amide bonds. The zero-order valence-corrected chi connectivity index (χ0v) is 15.1. The van der Waals surface area contributed by atoms with E-state index >= 15 is 0 Å². The van der Waals surface area contributed by atoms with Gasteiger partial charge >= 0.3 is 5.97 Å². The minimum absolute atomic E-state index is 0.00657. The summed E-state index contributed by atoms with van der Waals surface area (Å²) in [6, 6.07) is 8.37. The average Bonchev–Trinajstić information content (AvgIpc) is 2.85. The highest BCUT2D eigenvalue weighted by atomic mass is 35.5. The molecular formula is C18H14Cl2N2O4. The molecule has 26 heavy (non-hydrogen) atoms. The Balaban J connectivity index is 1.88. The molecule has 2 N–H and O–H groups in total. The summed E-state index contributed by atoms with van der Waals surface area (Å²) in [6.45, 7) is 1.71. The van der Waals surface area contributed by atoms with Gasteiger partial charge in [-0.2, -0.15) is 0 Å². The third-order valence-electron chi connectivity index (χ3n) is 4.10. The summed E-state index contributed by atoms with van der Waals surface area (Å²) in [4.78, 5) is 37.4. The van der Waals surface area contributed by atoms with Crippen LogP contribution in [0.3, 0.4) is 0 Å². The lowest BCUT2D eigenvalue weighted by atomic mass is 10.1. The highest BCUT2D eigenvalue weighted by molar-refractivity contribution is 6.42. The van der Waals surface area contributed by atoms with Gasteiger partial charge in [0.25, 0.3) is 5.91 Å². The predicted molar refractivity (Wildman–Crippen MR) is 99.1 cm³/mol. The Kier molecular flexibility index (Phi) is 4.89. The Morgan fingerprint density at radius 2 is 1.88 bits per heavy atom. The Labute approximate surface area is 159 Å². The van der Waals surface area contributed by atoms with Gasteiger partial charge in [0.2, 0.25) is 5.91 Å². The van der Waals surface area contributed by atoms with Crippen molar-refractivity contribution in [3.8, 4) is 0 Å². The second-order valence-electron chi connectivity index (χ2n) is 5.90. The molecule has 0 saturated carbocycles. The molecule has 1 atom stereocenters. The summed E-state index contributed by atoms with van der Waals surface area (Å²) in [5.41, 5.74) is 1.47. The number of carboxylic acids is 1. The molecule has 1 unspecified atom stereocenters. The van der Waals surface area contributed by atoms with Crippen molar-refractivity contribution < 1.29 is 19.5 Å². The molecule has 3 rings (SSSR count). The summed E-state index contributed by atoms with van der Waals surface area (Å²) in [5, 5.41) is 12.8. The van der Waals surface area contributed by atoms with Crippen LogP contribution in [0.15, 0.2) is 36.4 Å². The van der Waals surface area contributed by atoms with Crippen LogP contribution < -0.4 is 10.2 Å². The number of benzene rings is 2. The van der Waals surface area contributed by atoms with Crippen LogP contribution in [-0.4, -0.2) is 28.9 Å². The number of hydrogen-bond donors (Lipinski definition) is 2. The summed E-state index contributed by atoms with van der Waals surface area (Å²) < 4.78 is 0. The molecule has 1 aliphatic heterocycles. The van der Waals surface area contributed by atoms with Gasteiger partial charge in [-0.3, -0.25) is 9.59 Å². The van der Waals surface area contributed by atoms with E-state index in [0.29, 0.717) is 21.3 Å². The van der Waals surface area contributed by atoms with Gasteiger partial charge in [-0.15, -0.1) is 0 Å². The van der Waals surface area contributed by atoms with Crippen molar-refractivity contribution in [2.45, 2.75) is 19.4 Å². The van der Waals surface area contributed by atoms with Crippen molar-refractivity contribution in [1.29, 1.82) is 0 Å². The van der Waals surface area contributed by atoms with Crippen molar-refractivity contribution in [3.05, 3.63) is 57.6 Å². The van der Waals surface area contributed by atoms with E-state index in [2.05, 4.69) is 5.32 Å². The van der Waals surface area contributed by atoms with E-state index in [0.717, 1.165) is 4.90 Å². The van der Waals surface area contributed by atoms with Gasteiger partial charge in [0.1, 0.15) is 6.04 Å². The van der Waals surface area contributed by atoms with Gasteiger partial charge in [-0.1, -0.05) is 29.3 Å². The van der Waals surface area contributed by atoms with Crippen LogP contribution in [0.1, 0.15) is 22.3 Å². The molecule has 0 radical (unpaired) electrons. The molecule has 1 aliphatic rings. The van der Waals surface area contributed by atoms with Crippen molar-refractivity contribution in [2.75, 3.05) is 10.2 Å². The fourth-order valence-corrected chi connectivity index (χ4v) is 3.07. The molecule has 1 fully saturated rings. The number of nitrogens with one attached hydrogen (secondary N) is 1. The highest BCUT2D eigenvalue weighted by Gasteiger charge is 2.40. The van der Waals surface area contributed by atoms with Crippen LogP contribution in [0, 0.1) is 6.92 Å². The number of nitrogens with zero attached hydrogens (tertiary/aromatic N) is 1. The van der Waals surface area contributed by atoms with Gasteiger partial charge < -0.3 is 10.4 Å². The molecule has 0 aromatic heterocycles. The number of hydrogen-bond acceptors (Lipinski definition) is 4. The first-order valence-electron chi connectivity index (χ1n) is 7.70. The molecule has 1 saturated heterocycles. The minimum Gasteiger partial charge on any atom is -0.478 e. The first-order chi connectivity index (χ1) is 12.3. The molecular weight excluding hydrogens is 379 g/mol. The maximum Gasteiger partial charge on any atom is 0.335 e. The molecule has 0 spiro atoms. The highest BCUT2D eigenvalue weighted by Crippen LogP contribution is 2.30. The Morgan fingerprint density at radius 1 is 1.15 bits per heavy atom. The number of anilines is 2. The number of halogens is 2. The van der Waals surface area contributed by atoms with Crippen LogP contribution in [0.25, 0.3) is 0 Å². The van der Waals surface area contributed by atoms with E-state index < -0.39 is 23.8 Å². The minimum atomic E-state index is -1.13. The lowest BCUT2D eigenvalue weighted by Gasteiger charge is -2.18. The first-order valence-corrected chi connectivity index (χ1v) is 8.46. The summed E-state index contributed by atoms with van der Waals surface area (Å²) >= 11 is 11.8. The Morgan fingerprint density at radius 3 is 2.54 bits per heavy atom. The van der Waals surface area contributed by atoms with E-state index in [-0.39, 0.29) is 17.7 Å². The number of carboxylic acid groups (broad SMARTS) is 1. The van der Waals surface area contributed by atoms with E-state index in [4.69, 9.17) is 28.3 Å². The van der Waals surface area contributed by atoms with Gasteiger partial charge in [0.15, 0.2) is 0 Å². The largest absolute Gasteiger partial charge is 0.478 e. The van der Waals surface area contributed by atoms with Crippen molar-refractivity contribution >= 4 is 52.4 Å². The molecule has 1 heterocycles. The Hall–Kier alpha value is -2.57. The number of carbonyl (C=O) groups is 3. The quantitative estimate of drug-likeness (QED) is 0.773. The molecule has 0 aliphatic carbocycles. The normalized spacial score (nSPS) is 16.9. The van der Waals surface area contributed by atoms with E-state index in [1.807, 2.05) is 0 Å². The molecule has 8 heteroatoms. The number of rotatable bonds is 4.